The molecule has 2 aromatic heterocycles. The Morgan fingerprint density at radius 2 is 2.33 bits per heavy atom. The summed E-state index contributed by atoms with van der Waals surface area (Å²) in [4.78, 5) is 13.2. The van der Waals surface area contributed by atoms with Gasteiger partial charge >= 0.3 is 0 Å². The smallest absolute Gasteiger partial charge is 0.268 e. The molecule has 0 aromatic carbocycles. The number of aromatic nitrogens is 1. The molecule has 2 heterocycles. The Labute approximate surface area is 119 Å². The number of thiophene rings is 1. The average molecular weight is 327 g/mol. The van der Waals surface area contributed by atoms with Gasteiger partial charge < -0.3 is 9.88 Å². The largest absolute Gasteiger partial charge is 0.346 e. The second-order valence-electron chi connectivity index (χ2n) is 4.31. The van der Waals surface area contributed by atoms with E-state index in [4.69, 9.17) is 0 Å². The summed E-state index contributed by atoms with van der Waals surface area (Å²) >= 11 is 5.03. The molecule has 0 fully saturated rings. The monoisotopic (exact) mass is 326 g/mol. The second-order valence-corrected chi connectivity index (χ2v) is 6.22. The number of halogens is 1. The Balaban J connectivity index is 2.01. The zero-order valence-corrected chi connectivity index (χ0v) is 12.7. The SMILES string of the molecule is CC(C)n1cccc1C(=O)NCc1cc(Br)cs1. The lowest BCUT2D eigenvalue weighted by atomic mass is 10.3. The minimum Gasteiger partial charge on any atom is -0.346 e. The molecule has 3 nitrogen and oxygen atoms in total. The van der Waals surface area contributed by atoms with Crippen molar-refractivity contribution < 1.29 is 4.79 Å². The second kappa shape index (κ2) is 5.71. The molecule has 0 saturated carbocycles. The van der Waals surface area contributed by atoms with E-state index in [1.807, 2.05) is 34.3 Å². The van der Waals surface area contributed by atoms with Gasteiger partial charge in [0, 0.05) is 27.0 Å². The summed E-state index contributed by atoms with van der Waals surface area (Å²) in [6.45, 7) is 4.69. The lowest BCUT2D eigenvalue weighted by Crippen LogP contribution is -2.25. The number of amides is 1. The first-order valence-corrected chi connectivity index (χ1v) is 7.43. The van der Waals surface area contributed by atoms with Gasteiger partial charge in [0.05, 0.1) is 6.54 Å². The number of rotatable bonds is 4. The van der Waals surface area contributed by atoms with E-state index in [2.05, 4.69) is 35.1 Å². The van der Waals surface area contributed by atoms with Crippen LogP contribution in [0.3, 0.4) is 0 Å². The standard InChI is InChI=1S/C13H15BrN2OS/c1-9(2)16-5-3-4-12(16)13(17)15-7-11-6-10(14)8-18-11/h3-6,8-9H,7H2,1-2H3,(H,15,17). The molecule has 1 amide bonds. The summed E-state index contributed by atoms with van der Waals surface area (Å²) in [6.07, 6.45) is 1.93. The molecule has 0 unspecified atom stereocenters. The predicted octanol–water partition coefficient (Wildman–Crippen LogP) is 3.82. The first-order chi connectivity index (χ1) is 8.58. The van der Waals surface area contributed by atoms with E-state index in [-0.39, 0.29) is 11.9 Å². The highest BCUT2D eigenvalue weighted by atomic mass is 79.9. The Hall–Kier alpha value is -1.07. The van der Waals surface area contributed by atoms with Gasteiger partial charge in [-0.1, -0.05) is 0 Å². The van der Waals surface area contributed by atoms with Gasteiger partial charge in [-0.25, -0.2) is 0 Å². The topological polar surface area (TPSA) is 34.0 Å². The van der Waals surface area contributed by atoms with Crippen LogP contribution in [-0.2, 0) is 6.54 Å². The molecule has 2 rings (SSSR count). The van der Waals surface area contributed by atoms with Gasteiger partial charge in [-0.3, -0.25) is 4.79 Å². The van der Waals surface area contributed by atoms with Crippen LogP contribution < -0.4 is 5.32 Å². The molecule has 0 radical (unpaired) electrons. The van der Waals surface area contributed by atoms with Crippen molar-refractivity contribution in [3.8, 4) is 0 Å². The zero-order chi connectivity index (χ0) is 13.1. The van der Waals surface area contributed by atoms with E-state index in [1.54, 1.807) is 11.3 Å². The maximum absolute atomic E-state index is 12.1. The van der Waals surface area contributed by atoms with E-state index < -0.39 is 0 Å². The molecule has 0 spiro atoms. The Morgan fingerprint density at radius 3 is 2.94 bits per heavy atom. The summed E-state index contributed by atoms with van der Waals surface area (Å²) in [5.41, 5.74) is 0.709. The van der Waals surface area contributed by atoms with Gasteiger partial charge in [-0.2, -0.15) is 0 Å². The van der Waals surface area contributed by atoms with Crippen LogP contribution >= 0.6 is 27.3 Å². The first-order valence-electron chi connectivity index (χ1n) is 5.76. The predicted molar refractivity (Wildman–Crippen MR) is 78.0 cm³/mol. The van der Waals surface area contributed by atoms with E-state index in [0.717, 1.165) is 9.35 Å². The van der Waals surface area contributed by atoms with Crippen LogP contribution in [-0.4, -0.2) is 10.5 Å². The molecule has 5 heteroatoms. The van der Waals surface area contributed by atoms with E-state index in [9.17, 15) is 4.79 Å². The van der Waals surface area contributed by atoms with Crippen LogP contribution in [0.15, 0.2) is 34.2 Å². The van der Waals surface area contributed by atoms with Crippen molar-refractivity contribution >= 4 is 33.2 Å². The van der Waals surface area contributed by atoms with Crippen molar-refractivity contribution in [2.24, 2.45) is 0 Å². The molecule has 0 bridgehead atoms. The number of hydrogen-bond donors (Lipinski definition) is 1. The Kier molecular flexibility index (Phi) is 4.24. The maximum atomic E-state index is 12.1. The Bertz CT molecular complexity index is 545. The molecular weight excluding hydrogens is 312 g/mol. The third kappa shape index (κ3) is 3.03. The molecule has 2 aromatic rings. The minimum absolute atomic E-state index is 0.0294. The molecule has 0 aliphatic rings. The van der Waals surface area contributed by atoms with Gasteiger partial charge in [-0.05, 0) is 48.0 Å². The van der Waals surface area contributed by atoms with Crippen molar-refractivity contribution in [1.29, 1.82) is 0 Å². The van der Waals surface area contributed by atoms with Crippen molar-refractivity contribution in [3.63, 3.8) is 0 Å². The first kappa shape index (κ1) is 13.4. The molecular formula is C13H15BrN2OS. The van der Waals surface area contributed by atoms with Crippen LogP contribution in [0.25, 0.3) is 0 Å². The molecule has 0 aliphatic heterocycles. The van der Waals surface area contributed by atoms with Gasteiger partial charge in [0.1, 0.15) is 5.69 Å². The summed E-state index contributed by atoms with van der Waals surface area (Å²) in [7, 11) is 0. The summed E-state index contributed by atoms with van der Waals surface area (Å²) in [5.74, 6) is -0.0294. The fourth-order valence-electron chi connectivity index (χ4n) is 1.74. The molecule has 0 atom stereocenters. The van der Waals surface area contributed by atoms with Gasteiger partial charge in [0.2, 0.25) is 0 Å². The van der Waals surface area contributed by atoms with Gasteiger partial charge in [-0.15, -0.1) is 11.3 Å². The lowest BCUT2D eigenvalue weighted by Gasteiger charge is -2.12. The number of nitrogens with one attached hydrogen (secondary N) is 1. The zero-order valence-electron chi connectivity index (χ0n) is 10.3. The van der Waals surface area contributed by atoms with E-state index in [0.29, 0.717) is 12.2 Å². The fraction of sp³-hybridized carbons (Fsp3) is 0.308. The van der Waals surface area contributed by atoms with Crippen molar-refractivity contribution in [3.05, 3.63) is 44.8 Å². The highest BCUT2D eigenvalue weighted by molar-refractivity contribution is 9.10. The lowest BCUT2D eigenvalue weighted by molar-refractivity contribution is 0.0940. The average Bonchev–Trinajstić information content (AvgIpc) is 2.94. The molecule has 96 valence electrons. The molecule has 0 aliphatic carbocycles. The molecule has 18 heavy (non-hydrogen) atoms. The van der Waals surface area contributed by atoms with Crippen molar-refractivity contribution in [1.82, 2.24) is 9.88 Å². The van der Waals surface area contributed by atoms with Crippen LogP contribution in [0.5, 0.6) is 0 Å². The van der Waals surface area contributed by atoms with Crippen LogP contribution in [0, 0.1) is 0 Å². The molecule has 0 saturated heterocycles. The number of nitrogens with zero attached hydrogens (tertiary/aromatic N) is 1. The van der Waals surface area contributed by atoms with Crippen molar-refractivity contribution in [2.75, 3.05) is 0 Å². The van der Waals surface area contributed by atoms with Crippen molar-refractivity contribution in [2.45, 2.75) is 26.4 Å². The van der Waals surface area contributed by atoms with E-state index >= 15 is 0 Å². The summed E-state index contributed by atoms with van der Waals surface area (Å²) < 4.78 is 3.03. The number of carbonyl (C=O) groups is 1. The Morgan fingerprint density at radius 1 is 1.56 bits per heavy atom. The third-order valence-electron chi connectivity index (χ3n) is 2.61. The quantitative estimate of drug-likeness (QED) is 0.910. The van der Waals surface area contributed by atoms with Gasteiger partial charge in [0.15, 0.2) is 0 Å². The maximum Gasteiger partial charge on any atom is 0.268 e. The fourth-order valence-corrected chi connectivity index (χ4v) is 3.13. The van der Waals surface area contributed by atoms with Gasteiger partial charge in [0.25, 0.3) is 5.91 Å². The van der Waals surface area contributed by atoms with E-state index in [1.165, 1.54) is 0 Å². The highest BCUT2D eigenvalue weighted by Crippen LogP contribution is 2.19. The summed E-state index contributed by atoms with van der Waals surface area (Å²) in [6, 6.07) is 6.06. The van der Waals surface area contributed by atoms with Crippen LogP contribution in [0.4, 0.5) is 0 Å². The van der Waals surface area contributed by atoms with Crippen LogP contribution in [0.2, 0.25) is 0 Å². The number of carbonyl (C=O) groups excluding carboxylic acids is 1. The number of hydrogen-bond acceptors (Lipinski definition) is 2. The summed E-state index contributed by atoms with van der Waals surface area (Å²) in [5, 5.41) is 4.95. The highest BCUT2D eigenvalue weighted by Gasteiger charge is 2.12. The normalized spacial score (nSPS) is 10.9. The minimum atomic E-state index is -0.0294. The third-order valence-corrected chi connectivity index (χ3v) is 4.31. The molecule has 1 N–H and O–H groups in total. The van der Waals surface area contributed by atoms with Crippen LogP contribution in [0.1, 0.15) is 35.3 Å².